The molecule has 0 aromatic carbocycles. The molecule has 0 aromatic rings. The van der Waals surface area contributed by atoms with Gasteiger partial charge in [0, 0.05) is 0 Å². The minimum atomic E-state index is 0.0278. The van der Waals surface area contributed by atoms with Crippen LogP contribution in [0.2, 0.25) is 0 Å². The fourth-order valence-electron chi connectivity index (χ4n) is 2.50. The minimum Gasteiger partial charge on any atom is -0.394 e. The van der Waals surface area contributed by atoms with Crippen molar-refractivity contribution < 1.29 is 14.9 Å². The van der Waals surface area contributed by atoms with Crippen LogP contribution in [-0.4, -0.2) is 36.6 Å². The van der Waals surface area contributed by atoms with Gasteiger partial charge in [-0.15, -0.1) is 0 Å². The Kier molecular flexibility index (Phi) is 29.2. The Morgan fingerprint density at radius 1 is 0.478 bits per heavy atom. The summed E-state index contributed by atoms with van der Waals surface area (Å²) in [4.78, 5) is 0. The molecule has 0 saturated heterocycles. The zero-order valence-corrected chi connectivity index (χ0v) is 16.0. The van der Waals surface area contributed by atoms with E-state index in [1.165, 1.54) is 89.9 Å². The third kappa shape index (κ3) is 30.3. The van der Waals surface area contributed by atoms with Crippen LogP contribution >= 0.6 is 0 Å². The Labute approximate surface area is 145 Å². The molecule has 0 atom stereocenters. The molecular formula is C20H44O3. The van der Waals surface area contributed by atoms with E-state index in [9.17, 15) is 0 Å². The minimum absolute atomic E-state index is 0.0278. The van der Waals surface area contributed by atoms with Gasteiger partial charge in [-0.25, -0.2) is 0 Å². The monoisotopic (exact) mass is 332 g/mol. The molecule has 0 aromatic heterocycles. The van der Waals surface area contributed by atoms with Gasteiger partial charge in [0.1, 0.15) is 0 Å². The van der Waals surface area contributed by atoms with Crippen LogP contribution in [0.5, 0.6) is 0 Å². The van der Waals surface area contributed by atoms with Crippen molar-refractivity contribution in [2.24, 2.45) is 0 Å². The maximum atomic E-state index is 8.09. The smallest absolute Gasteiger partial charge is 0.0698 e. The largest absolute Gasteiger partial charge is 0.394 e. The first-order valence-electron chi connectivity index (χ1n) is 10.1. The second kappa shape index (κ2) is 26.8. The Morgan fingerprint density at radius 2 is 0.739 bits per heavy atom. The molecule has 0 bridgehead atoms. The summed E-state index contributed by atoms with van der Waals surface area (Å²) in [7, 11) is 0. The first kappa shape index (κ1) is 25.1. The summed E-state index contributed by atoms with van der Waals surface area (Å²) in [6.07, 6.45) is 20.4. The average molecular weight is 333 g/mol. The summed E-state index contributed by atoms with van der Waals surface area (Å²) in [5, 5.41) is 16.2. The summed E-state index contributed by atoms with van der Waals surface area (Å²) in [6.45, 7) is 5.28. The highest BCUT2D eigenvalue weighted by molar-refractivity contribution is 4.48. The number of rotatable bonds is 17. The second-order valence-electron chi connectivity index (χ2n) is 6.30. The van der Waals surface area contributed by atoms with Crippen molar-refractivity contribution >= 4 is 0 Å². The van der Waals surface area contributed by atoms with E-state index >= 15 is 0 Å². The zero-order valence-electron chi connectivity index (χ0n) is 16.0. The van der Waals surface area contributed by atoms with Crippen LogP contribution in [0.4, 0.5) is 0 Å². The Balaban J connectivity index is 0. The Morgan fingerprint density at radius 3 is 0.957 bits per heavy atom. The van der Waals surface area contributed by atoms with Crippen LogP contribution in [0.1, 0.15) is 104 Å². The van der Waals surface area contributed by atoms with Crippen molar-refractivity contribution in [1.29, 1.82) is 0 Å². The van der Waals surface area contributed by atoms with E-state index in [-0.39, 0.29) is 13.2 Å². The maximum absolute atomic E-state index is 8.09. The van der Waals surface area contributed by atoms with Crippen molar-refractivity contribution in [3.63, 3.8) is 0 Å². The van der Waals surface area contributed by atoms with Crippen LogP contribution < -0.4 is 0 Å². The lowest BCUT2D eigenvalue weighted by Gasteiger charge is -2.02. The van der Waals surface area contributed by atoms with Crippen molar-refractivity contribution in [2.45, 2.75) is 104 Å². The summed E-state index contributed by atoms with van der Waals surface area (Å²) < 4.78 is 4.63. The summed E-state index contributed by atoms with van der Waals surface area (Å²) >= 11 is 0. The van der Waals surface area contributed by atoms with Crippen molar-refractivity contribution in [3.05, 3.63) is 0 Å². The lowest BCUT2D eigenvalue weighted by molar-refractivity contribution is 0.0650. The Bertz CT molecular complexity index is 156. The van der Waals surface area contributed by atoms with E-state index in [1.807, 2.05) is 0 Å². The van der Waals surface area contributed by atoms with Crippen molar-refractivity contribution in [3.8, 4) is 0 Å². The number of hydrogen-bond acceptors (Lipinski definition) is 3. The molecule has 0 rings (SSSR count). The highest BCUT2D eigenvalue weighted by Crippen LogP contribution is 2.12. The van der Waals surface area contributed by atoms with E-state index < -0.39 is 0 Å². The topological polar surface area (TPSA) is 49.7 Å². The standard InChI is InChI=1S/C16H34.C4H10O3/c1-3-5-7-9-11-13-15-16-14-12-10-8-6-4-2;5-1-3-7-4-2-6/h3-16H2,1-2H3;5-6H,1-4H2. The first-order valence-corrected chi connectivity index (χ1v) is 10.1. The van der Waals surface area contributed by atoms with E-state index in [2.05, 4.69) is 18.6 Å². The van der Waals surface area contributed by atoms with Crippen LogP contribution in [0.3, 0.4) is 0 Å². The van der Waals surface area contributed by atoms with E-state index in [1.54, 1.807) is 0 Å². The highest BCUT2D eigenvalue weighted by Gasteiger charge is 1.92. The third-order valence-corrected chi connectivity index (χ3v) is 3.93. The molecule has 23 heavy (non-hydrogen) atoms. The lowest BCUT2D eigenvalue weighted by atomic mass is 10.0. The van der Waals surface area contributed by atoms with Crippen LogP contribution in [-0.2, 0) is 4.74 Å². The van der Waals surface area contributed by atoms with Crippen LogP contribution in [0.25, 0.3) is 0 Å². The number of hydrogen-bond donors (Lipinski definition) is 2. The average Bonchev–Trinajstić information content (AvgIpc) is 2.57. The summed E-state index contributed by atoms with van der Waals surface area (Å²) in [5.41, 5.74) is 0. The van der Waals surface area contributed by atoms with Gasteiger partial charge in [0.05, 0.1) is 26.4 Å². The number of aliphatic hydroxyl groups excluding tert-OH is 2. The quantitative estimate of drug-likeness (QED) is 0.347. The molecule has 0 unspecified atom stereocenters. The molecule has 0 radical (unpaired) electrons. The molecule has 142 valence electrons. The van der Waals surface area contributed by atoms with Crippen molar-refractivity contribution in [1.82, 2.24) is 0 Å². The molecule has 3 heteroatoms. The van der Waals surface area contributed by atoms with E-state index in [0.717, 1.165) is 0 Å². The number of aliphatic hydroxyl groups is 2. The molecule has 0 aliphatic carbocycles. The van der Waals surface area contributed by atoms with Gasteiger partial charge in [0.15, 0.2) is 0 Å². The lowest BCUT2D eigenvalue weighted by Crippen LogP contribution is -2.03. The predicted octanol–water partition coefficient (Wildman–Crippen LogP) is 5.48. The van der Waals surface area contributed by atoms with Gasteiger partial charge in [0.25, 0.3) is 0 Å². The molecule has 0 amide bonds. The van der Waals surface area contributed by atoms with Gasteiger partial charge in [-0.2, -0.15) is 0 Å². The summed E-state index contributed by atoms with van der Waals surface area (Å²) in [5.74, 6) is 0. The van der Waals surface area contributed by atoms with Gasteiger partial charge in [-0.1, -0.05) is 104 Å². The molecular weight excluding hydrogens is 288 g/mol. The van der Waals surface area contributed by atoms with Gasteiger partial charge in [-0.05, 0) is 0 Å². The number of unbranched alkanes of at least 4 members (excludes halogenated alkanes) is 13. The van der Waals surface area contributed by atoms with Crippen LogP contribution in [0.15, 0.2) is 0 Å². The van der Waals surface area contributed by atoms with Gasteiger partial charge < -0.3 is 14.9 Å². The molecule has 0 aliphatic rings. The fraction of sp³-hybridized carbons (Fsp3) is 1.00. The first-order chi connectivity index (χ1) is 11.3. The number of ether oxygens (including phenoxy) is 1. The summed E-state index contributed by atoms with van der Waals surface area (Å²) in [6, 6.07) is 0. The maximum Gasteiger partial charge on any atom is 0.0698 e. The normalized spacial score (nSPS) is 10.4. The van der Waals surface area contributed by atoms with Crippen LogP contribution in [0, 0.1) is 0 Å². The third-order valence-electron chi connectivity index (χ3n) is 3.93. The molecule has 0 spiro atoms. The van der Waals surface area contributed by atoms with Gasteiger partial charge in [0.2, 0.25) is 0 Å². The molecule has 0 aliphatic heterocycles. The van der Waals surface area contributed by atoms with Gasteiger partial charge >= 0.3 is 0 Å². The molecule has 0 fully saturated rings. The highest BCUT2D eigenvalue weighted by atomic mass is 16.5. The molecule has 3 nitrogen and oxygen atoms in total. The van der Waals surface area contributed by atoms with Crippen molar-refractivity contribution in [2.75, 3.05) is 26.4 Å². The molecule has 0 heterocycles. The van der Waals surface area contributed by atoms with E-state index in [4.69, 9.17) is 10.2 Å². The fourth-order valence-corrected chi connectivity index (χ4v) is 2.50. The zero-order chi connectivity index (χ0) is 17.4. The Hall–Kier alpha value is -0.120. The second-order valence-corrected chi connectivity index (χ2v) is 6.30. The van der Waals surface area contributed by atoms with Gasteiger partial charge in [-0.3, -0.25) is 0 Å². The van der Waals surface area contributed by atoms with E-state index in [0.29, 0.717) is 13.2 Å². The molecule has 2 N–H and O–H groups in total. The predicted molar refractivity (Wildman–Crippen MR) is 101 cm³/mol. The molecule has 0 saturated carbocycles. The SMILES string of the molecule is CCCCCCCCCCCCCCCC.OCCOCCO.